The van der Waals surface area contributed by atoms with Gasteiger partial charge in [0.05, 0.1) is 5.60 Å². The fourth-order valence-corrected chi connectivity index (χ4v) is 2.37. The first-order valence-corrected chi connectivity index (χ1v) is 5.85. The second-order valence-electron chi connectivity index (χ2n) is 5.01. The highest BCUT2D eigenvalue weighted by Gasteiger charge is 2.29. The second-order valence-corrected chi connectivity index (χ2v) is 5.01. The van der Waals surface area contributed by atoms with Gasteiger partial charge in [0.2, 0.25) is 0 Å². The molecular weight excluding hydrogens is 224 g/mol. The van der Waals surface area contributed by atoms with Crippen molar-refractivity contribution >= 4 is 0 Å². The molecule has 0 amide bonds. The summed E-state index contributed by atoms with van der Waals surface area (Å²) in [4.78, 5) is 1.89. The highest BCUT2D eigenvalue weighted by atomic mass is 19.1. The molecule has 94 valence electrons. The van der Waals surface area contributed by atoms with E-state index in [0.29, 0.717) is 6.54 Å². The van der Waals surface area contributed by atoms with E-state index in [1.54, 1.807) is 6.92 Å². The molecule has 2 nitrogen and oxygen atoms in total. The van der Waals surface area contributed by atoms with Crippen molar-refractivity contribution in [2.75, 3.05) is 13.1 Å². The lowest BCUT2D eigenvalue weighted by molar-refractivity contribution is -0.0187. The van der Waals surface area contributed by atoms with E-state index in [9.17, 15) is 13.9 Å². The van der Waals surface area contributed by atoms with Gasteiger partial charge in [-0.05, 0) is 38.4 Å². The zero-order valence-electron chi connectivity index (χ0n) is 9.92. The van der Waals surface area contributed by atoms with Crippen molar-refractivity contribution in [1.29, 1.82) is 0 Å². The number of β-amino-alcohol motifs (C(OH)–C–C–N with tert-alkyl or cyclic N) is 1. The first-order valence-electron chi connectivity index (χ1n) is 5.85. The molecule has 1 atom stereocenters. The van der Waals surface area contributed by atoms with Crippen LogP contribution in [-0.2, 0) is 6.54 Å². The molecule has 1 fully saturated rings. The second kappa shape index (κ2) is 4.70. The van der Waals surface area contributed by atoms with Crippen LogP contribution in [0.1, 0.15) is 25.3 Å². The minimum atomic E-state index is -0.750. The van der Waals surface area contributed by atoms with Gasteiger partial charge in [-0.2, -0.15) is 0 Å². The highest BCUT2D eigenvalue weighted by Crippen LogP contribution is 2.23. The summed E-state index contributed by atoms with van der Waals surface area (Å²) in [5.41, 5.74) is -0.662. The summed E-state index contributed by atoms with van der Waals surface area (Å²) < 4.78 is 26.9. The lowest BCUT2D eigenvalue weighted by Crippen LogP contribution is -2.45. The van der Waals surface area contributed by atoms with Crippen molar-refractivity contribution in [1.82, 2.24) is 4.90 Å². The number of hydrogen-bond donors (Lipinski definition) is 1. The summed E-state index contributed by atoms with van der Waals surface area (Å²) in [6.07, 6.45) is 1.59. The molecule has 1 heterocycles. The van der Waals surface area contributed by atoms with Gasteiger partial charge in [-0.15, -0.1) is 0 Å². The first kappa shape index (κ1) is 12.5. The van der Waals surface area contributed by atoms with Crippen LogP contribution in [0.5, 0.6) is 0 Å². The van der Waals surface area contributed by atoms with Crippen LogP contribution in [0.3, 0.4) is 0 Å². The molecule has 0 aromatic heterocycles. The van der Waals surface area contributed by atoms with Crippen molar-refractivity contribution in [2.24, 2.45) is 0 Å². The zero-order valence-corrected chi connectivity index (χ0v) is 9.92. The van der Waals surface area contributed by atoms with Crippen LogP contribution in [0, 0.1) is 11.6 Å². The third-order valence-corrected chi connectivity index (χ3v) is 3.20. The van der Waals surface area contributed by atoms with E-state index < -0.39 is 17.2 Å². The van der Waals surface area contributed by atoms with Gasteiger partial charge in [0.1, 0.15) is 11.6 Å². The predicted octanol–water partition coefficient (Wildman–Crippen LogP) is 2.31. The van der Waals surface area contributed by atoms with E-state index in [-0.39, 0.29) is 12.1 Å². The van der Waals surface area contributed by atoms with E-state index in [4.69, 9.17) is 0 Å². The van der Waals surface area contributed by atoms with Crippen molar-refractivity contribution in [3.8, 4) is 0 Å². The van der Waals surface area contributed by atoms with Crippen molar-refractivity contribution in [3.05, 3.63) is 35.4 Å². The highest BCUT2D eigenvalue weighted by molar-refractivity contribution is 5.19. The molecule has 1 aromatic carbocycles. The van der Waals surface area contributed by atoms with Gasteiger partial charge in [-0.25, -0.2) is 8.78 Å². The Morgan fingerprint density at radius 2 is 2.00 bits per heavy atom. The number of halogens is 2. The Hall–Kier alpha value is -1.00. The standard InChI is InChI=1S/C13H17F2NO/c1-13(17)6-3-7-16(9-13)8-10-11(14)4-2-5-12(10)15/h2,4-5,17H,3,6-9H2,1H3. The van der Waals surface area contributed by atoms with Crippen LogP contribution >= 0.6 is 0 Å². The first-order chi connectivity index (χ1) is 7.98. The molecule has 17 heavy (non-hydrogen) atoms. The lowest BCUT2D eigenvalue weighted by atomic mass is 9.95. The quantitative estimate of drug-likeness (QED) is 0.859. The fraction of sp³-hybridized carbons (Fsp3) is 0.538. The number of aliphatic hydroxyl groups is 1. The molecule has 0 saturated carbocycles. The van der Waals surface area contributed by atoms with E-state index in [1.165, 1.54) is 18.2 Å². The molecule has 4 heteroatoms. The Labute approximate surface area is 99.9 Å². The summed E-state index contributed by atoms with van der Waals surface area (Å²) in [7, 11) is 0. The predicted molar refractivity (Wildman–Crippen MR) is 61.5 cm³/mol. The molecule has 1 aromatic rings. The van der Waals surface area contributed by atoms with E-state index in [2.05, 4.69) is 0 Å². The third-order valence-electron chi connectivity index (χ3n) is 3.20. The molecule has 1 unspecified atom stereocenters. The topological polar surface area (TPSA) is 23.5 Å². The van der Waals surface area contributed by atoms with E-state index in [1.807, 2.05) is 4.90 Å². The minimum Gasteiger partial charge on any atom is -0.389 e. The molecule has 2 rings (SSSR count). The van der Waals surface area contributed by atoms with Gasteiger partial charge in [0, 0.05) is 18.7 Å². The summed E-state index contributed by atoms with van der Waals surface area (Å²) in [6.45, 7) is 3.20. The van der Waals surface area contributed by atoms with Crippen LogP contribution < -0.4 is 0 Å². The Kier molecular flexibility index (Phi) is 3.45. The number of piperidine rings is 1. The van der Waals surface area contributed by atoms with Gasteiger partial charge >= 0.3 is 0 Å². The smallest absolute Gasteiger partial charge is 0.130 e. The summed E-state index contributed by atoms with van der Waals surface area (Å²) >= 11 is 0. The fourth-order valence-electron chi connectivity index (χ4n) is 2.37. The lowest BCUT2D eigenvalue weighted by Gasteiger charge is -2.36. The van der Waals surface area contributed by atoms with Gasteiger partial charge in [-0.1, -0.05) is 6.07 Å². The zero-order chi connectivity index (χ0) is 12.5. The summed E-state index contributed by atoms with van der Waals surface area (Å²) in [6, 6.07) is 3.89. The van der Waals surface area contributed by atoms with Crippen LogP contribution in [-0.4, -0.2) is 28.7 Å². The number of benzene rings is 1. The average molecular weight is 241 g/mol. The Morgan fingerprint density at radius 1 is 1.35 bits per heavy atom. The molecular formula is C13H17F2NO. The number of nitrogens with zero attached hydrogens (tertiary/aromatic N) is 1. The summed E-state index contributed by atoms with van der Waals surface area (Å²) in [5.74, 6) is -1.04. The van der Waals surface area contributed by atoms with Gasteiger partial charge in [0.25, 0.3) is 0 Å². The minimum absolute atomic E-state index is 0.0881. The van der Waals surface area contributed by atoms with Gasteiger partial charge in [-0.3, -0.25) is 4.90 Å². The molecule has 1 N–H and O–H groups in total. The number of hydrogen-bond acceptors (Lipinski definition) is 2. The largest absolute Gasteiger partial charge is 0.389 e. The molecule has 1 aliphatic heterocycles. The molecule has 0 aliphatic carbocycles. The number of likely N-dealkylation sites (tertiary alicyclic amines) is 1. The van der Waals surface area contributed by atoms with Gasteiger partial charge in [0.15, 0.2) is 0 Å². The van der Waals surface area contributed by atoms with Crippen molar-refractivity contribution in [3.63, 3.8) is 0 Å². The van der Waals surface area contributed by atoms with Crippen LogP contribution in [0.15, 0.2) is 18.2 Å². The molecule has 0 radical (unpaired) electrons. The Balaban J connectivity index is 2.10. The van der Waals surface area contributed by atoms with Crippen LogP contribution in [0.4, 0.5) is 8.78 Å². The molecule has 1 aliphatic rings. The van der Waals surface area contributed by atoms with Crippen LogP contribution in [0.25, 0.3) is 0 Å². The molecule has 0 bridgehead atoms. The molecule has 1 saturated heterocycles. The van der Waals surface area contributed by atoms with E-state index >= 15 is 0 Å². The maximum atomic E-state index is 13.5. The monoisotopic (exact) mass is 241 g/mol. The normalized spacial score (nSPS) is 26.1. The number of rotatable bonds is 2. The van der Waals surface area contributed by atoms with Gasteiger partial charge < -0.3 is 5.11 Å². The molecule has 0 spiro atoms. The average Bonchev–Trinajstić information content (AvgIpc) is 2.22. The maximum Gasteiger partial charge on any atom is 0.130 e. The SMILES string of the molecule is CC1(O)CCCN(Cc2c(F)cccc2F)C1. The third kappa shape index (κ3) is 3.01. The van der Waals surface area contributed by atoms with Crippen LogP contribution in [0.2, 0.25) is 0 Å². The van der Waals surface area contributed by atoms with Crippen molar-refractivity contribution in [2.45, 2.75) is 31.9 Å². The summed E-state index contributed by atoms with van der Waals surface area (Å²) in [5, 5.41) is 9.93. The van der Waals surface area contributed by atoms with Crippen molar-refractivity contribution < 1.29 is 13.9 Å². The Morgan fingerprint density at radius 3 is 2.59 bits per heavy atom. The van der Waals surface area contributed by atoms with E-state index in [0.717, 1.165) is 19.4 Å². The maximum absolute atomic E-state index is 13.5. The Bertz CT molecular complexity index is 386.